The highest BCUT2D eigenvalue weighted by Gasteiger charge is 2.47. The molecule has 0 saturated carbocycles. The molecule has 0 aromatic rings. The molecule has 1 rings (SSSR count). The van der Waals surface area contributed by atoms with E-state index in [0.29, 0.717) is 12.8 Å². The number of hydrogen-bond acceptors (Lipinski definition) is 6. The third-order valence-corrected chi connectivity index (χ3v) is 5.27. The quantitative estimate of drug-likeness (QED) is 0.388. The van der Waals surface area contributed by atoms with Crippen LogP contribution in [0.1, 0.15) is 91.9 Å². The zero-order valence-corrected chi connectivity index (χ0v) is 18.1. The lowest BCUT2D eigenvalue weighted by Gasteiger charge is -2.52. The van der Waals surface area contributed by atoms with Crippen molar-refractivity contribution in [2.75, 3.05) is 14.2 Å². The molecule has 0 aromatic carbocycles. The second kappa shape index (κ2) is 11.0. The zero-order valence-electron chi connectivity index (χ0n) is 18.1. The van der Waals surface area contributed by atoms with Gasteiger partial charge >= 0.3 is 11.9 Å². The van der Waals surface area contributed by atoms with E-state index >= 15 is 0 Å². The van der Waals surface area contributed by atoms with E-state index in [2.05, 4.69) is 32.4 Å². The van der Waals surface area contributed by atoms with E-state index in [1.54, 1.807) is 7.11 Å². The largest absolute Gasteiger partial charge is 0.469 e. The molecule has 0 aliphatic carbocycles. The van der Waals surface area contributed by atoms with Crippen LogP contribution in [0, 0.1) is 0 Å². The van der Waals surface area contributed by atoms with Crippen LogP contribution in [0.3, 0.4) is 0 Å². The summed E-state index contributed by atoms with van der Waals surface area (Å²) >= 11 is 0. The smallest absolute Gasteiger partial charge is 0.306 e. The Morgan fingerprint density at radius 1 is 0.815 bits per heavy atom. The fraction of sp³-hybridized carbons (Fsp3) is 0.905. The molecule has 0 radical (unpaired) electrons. The molecule has 0 bridgehead atoms. The minimum absolute atomic E-state index is 0.0628. The molecule has 158 valence electrons. The zero-order chi connectivity index (χ0) is 20.5. The Kier molecular flexibility index (Phi) is 9.74. The molecule has 1 fully saturated rings. The molecular weight excluding hydrogens is 346 g/mol. The minimum Gasteiger partial charge on any atom is -0.469 e. The van der Waals surface area contributed by atoms with Crippen molar-refractivity contribution < 1.29 is 23.9 Å². The van der Waals surface area contributed by atoms with E-state index in [1.807, 2.05) is 5.06 Å². The van der Waals surface area contributed by atoms with Gasteiger partial charge in [-0.3, -0.25) is 9.59 Å². The van der Waals surface area contributed by atoms with E-state index < -0.39 is 0 Å². The Hall–Kier alpha value is -1.14. The number of methoxy groups -OCH3 is 1. The maximum absolute atomic E-state index is 12.2. The van der Waals surface area contributed by atoms with Crippen LogP contribution < -0.4 is 0 Å². The number of piperidine rings is 1. The van der Waals surface area contributed by atoms with Gasteiger partial charge in [0.15, 0.2) is 0 Å². The molecule has 6 nitrogen and oxygen atoms in total. The van der Waals surface area contributed by atoms with Gasteiger partial charge in [-0.05, 0) is 40.5 Å². The number of nitrogens with zero attached hydrogens (tertiary/aromatic N) is 1. The second-order valence-electron chi connectivity index (χ2n) is 8.82. The molecule has 1 aliphatic heterocycles. The maximum atomic E-state index is 12.2. The van der Waals surface area contributed by atoms with Crippen LogP contribution in [0.4, 0.5) is 0 Å². The molecular formula is C21H39NO5. The van der Waals surface area contributed by atoms with Crippen LogP contribution in [-0.2, 0) is 23.9 Å². The van der Waals surface area contributed by atoms with Crippen molar-refractivity contribution >= 4 is 11.9 Å². The summed E-state index contributed by atoms with van der Waals surface area (Å²) in [7, 11) is 3.12. The SMILES string of the molecule is COC(=O)CCCCCCCCC(=O)OC1CC(C)(C)N(OC)C(C)(C)C1. The van der Waals surface area contributed by atoms with Gasteiger partial charge in [0.1, 0.15) is 6.10 Å². The van der Waals surface area contributed by atoms with Gasteiger partial charge in [0.2, 0.25) is 0 Å². The highest BCUT2D eigenvalue weighted by molar-refractivity contribution is 5.69. The van der Waals surface area contributed by atoms with Crippen LogP contribution in [0.5, 0.6) is 0 Å². The van der Waals surface area contributed by atoms with E-state index in [0.717, 1.165) is 51.4 Å². The summed E-state index contributed by atoms with van der Waals surface area (Å²) in [6.45, 7) is 8.49. The number of unbranched alkanes of at least 4 members (excludes halogenated alkanes) is 5. The number of rotatable bonds is 11. The highest BCUT2D eigenvalue weighted by atomic mass is 16.7. The minimum atomic E-state index is -0.175. The summed E-state index contributed by atoms with van der Waals surface area (Å²) in [4.78, 5) is 28.8. The molecule has 1 saturated heterocycles. The van der Waals surface area contributed by atoms with Crippen molar-refractivity contribution in [2.24, 2.45) is 0 Å². The molecule has 0 spiro atoms. The first-order chi connectivity index (χ1) is 12.6. The fourth-order valence-corrected chi connectivity index (χ4v) is 4.34. The summed E-state index contributed by atoms with van der Waals surface area (Å²) in [6, 6.07) is 0. The summed E-state index contributed by atoms with van der Waals surface area (Å²) in [5.74, 6) is -0.233. The lowest BCUT2D eigenvalue weighted by atomic mass is 9.80. The van der Waals surface area contributed by atoms with Gasteiger partial charge in [-0.1, -0.05) is 25.7 Å². The summed E-state index contributed by atoms with van der Waals surface area (Å²) in [5.41, 5.74) is -0.350. The number of esters is 2. The first-order valence-corrected chi connectivity index (χ1v) is 10.2. The van der Waals surface area contributed by atoms with Gasteiger partial charge in [0, 0.05) is 36.8 Å². The van der Waals surface area contributed by atoms with Gasteiger partial charge in [-0.2, -0.15) is 5.06 Å². The van der Waals surface area contributed by atoms with Crippen molar-refractivity contribution in [3.05, 3.63) is 0 Å². The topological polar surface area (TPSA) is 65.1 Å². The number of hydroxylamine groups is 2. The third kappa shape index (κ3) is 8.18. The number of carbonyl (C=O) groups is 2. The monoisotopic (exact) mass is 385 g/mol. The second-order valence-corrected chi connectivity index (χ2v) is 8.82. The van der Waals surface area contributed by atoms with Crippen molar-refractivity contribution in [1.29, 1.82) is 0 Å². The van der Waals surface area contributed by atoms with Crippen LogP contribution in [0.2, 0.25) is 0 Å². The van der Waals surface area contributed by atoms with E-state index in [1.165, 1.54) is 7.11 Å². The third-order valence-electron chi connectivity index (χ3n) is 5.27. The van der Waals surface area contributed by atoms with Crippen molar-refractivity contribution in [2.45, 2.75) is 109 Å². The van der Waals surface area contributed by atoms with Gasteiger partial charge in [-0.25, -0.2) is 0 Å². The Morgan fingerprint density at radius 2 is 1.26 bits per heavy atom. The molecule has 0 unspecified atom stereocenters. The summed E-state index contributed by atoms with van der Waals surface area (Å²) in [6.07, 6.45) is 8.42. The average Bonchev–Trinajstić information content (AvgIpc) is 2.54. The van der Waals surface area contributed by atoms with Gasteiger partial charge in [-0.15, -0.1) is 0 Å². The molecule has 1 aliphatic rings. The Labute approximate surface area is 164 Å². The normalized spacial score (nSPS) is 19.6. The molecule has 1 heterocycles. The summed E-state index contributed by atoms with van der Waals surface area (Å²) in [5, 5.41) is 2.02. The Bertz CT molecular complexity index is 457. The van der Waals surface area contributed by atoms with Gasteiger partial charge in [0.05, 0.1) is 14.2 Å². The predicted molar refractivity (Wildman–Crippen MR) is 105 cm³/mol. The van der Waals surface area contributed by atoms with E-state index in [9.17, 15) is 9.59 Å². The first-order valence-electron chi connectivity index (χ1n) is 10.2. The standard InChI is InChI=1S/C21H39NO5/c1-20(2)15-17(16-21(3,4)22(20)26-6)27-19(24)14-12-10-8-7-9-11-13-18(23)25-5/h17H,7-16H2,1-6H3. The predicted octanol–water partition coefficient (Wildman–Crippen LogP) is 4.41. The number of carbonyl (C=O) groups excluding carboxylic acids is 2. The van der Waals surface area contributed by atoms with Crippen LogP contribution >= 0.6 is 0 Å². The fourth-order valence-electron chi connectivity index (χ4n) is 4.34. The molecule has 0 aromatic heterocycles. The molecule has 6 heteroatoms. The van der Waals surface area contributed by atoms with Crippen LogP contribution in [-0.4, -0.2) is 48.4 Å². The van der Waals surface area contributed by atoms with E-state index in [-0.39, 0.29) is 29.1 Å². The maximum Gasteiger partial charge on any atom is 0.306 e. The Balaban J connectivity index is 2.21. The van der Waals surface area contributed by atoms with Gasteiger partial charge < -0.3 is 14.3 Å². The molecule has 0 N–H and O–H groups in total. The van der Waals surface area contributed by atoms with Crippen molar-refractivity contribution in [1.82, 2.24) is 5.06 Å². The summed E-state index contributed by atoms with van der Waals surface area (Å²) < 4.78 is 10.4. The molecule has 0 atom stereocenters. The van der Waals surface area contributed by atoms with Gasteiger partial charge in [0.25, 0.3) is 0 Å². The van der Waals surface area contributed by atoms with Crippen molar-refractivity contribution in [3.63, 3.8) is 0 Å². The average molecular weight is 386 g/mol. The van der Waals surface area contributed by atoms with E-state index in [4.69, 9.17) is 9.57 Å². The lowest BCUT2D eigenvalue weighted by Crippen LogP contribution is -2.61. The molecule has 27 heavy (non-hydrogen) atoms. The molecule has 0 amide bonds. The number of ether oxygens (including phenoxy) is 2. The van der Waals surface area contributed by atoms with Crippen molar-refractivity contribution in [3.8, 4) is 0 Å². The van der Waals surface area contributed by atoms with Crippen LogP contribution in [0.15, 0.2) is 0 Å². The Morgan fingerprint density at radius 3 is 1.70 bits per heavy atom. The highest BCUT2D eigenvalue weighted by Crippen LogP contribution is 2.39. The lowest BCUT2D eigenvalue weighted by molar-refractivity contribution is -0.278. The number of hydrogen-bond donors (Lipinski definition) is 0. The first kappa shape index (κ1) is 23.9. The van der Waals surface area contributed by atoms with Crippen LogP contribution in [0.25, 0.3) is 0 Å².